The Morgan fingerprint density at radius 1 is 1.14 bits per heavy atom. The molecule has 4 N–H and O–H groups in total. The predicted octanol–water partition coefficient (Wildman–Crippen LogP) is 2.15. The number of carbonyl (C=O) groups is 1. The summed E-state index contributed by atoms with van der Waals surface area (Å²) >= 11 is 0. The number of methoxy groups -OCH3 is 1. The molecule has 2 aliphatic rings. The number of hydrogen-bond donors (Lipinski definition) is 4. The fourth-order valence-electron chi connectivity index (χ4n) is 3.95. The number of benzene rings is 2. The van der Waals surface area contributed by atoms with Crippen molar-refractivity contribution in [2.45, 2.75) is 18.4 Å². The van der Waals surface area contributed by atoms with Gasteiger partial charge in [-0.3, -0.25) is 15.6 Å². The van der Waals surface area contributed by atoms with Gasteiger partial charge in [0.15, 0.2) is 0 Å². The highest BCUT2D eigenvalue weighted by atomic mass is 16.5. The van der Waals surface area contributed by atoms with E-state index in [1.807, 2.05) is 36.2 Å². The fourth-order valence-corrected chi connectivity index (χ4v) is 3.95. The summed E-state index contributed by atoms with van der Waals surface area (Å²) in [6, 6.07) is 13.7. The van der Waals surface area contributed by atoms with Crippen LogP contribution in [-0.2, 0) is 4.79 Å². The molecule has 7 heteroatoms. The monoisotopic (exact) mass is 381 g/mol. The Morgan fingerprint density at radius 2 is 1.96 bits per heavy atom. The lowest BCUT2D eigenvalue weighted by molar-refractivity contribution is -0.117. The van der Waals surface area contributed by atoms with Crippen LogP contribution in [0, 0.1) is 0 Å². The van der Waals surface area contributed by atoms with Crippen LogP contribution in [0.1, 0.15) is 17.9 Å². The highest BCUT2D eigenvalue weighted by Gasteiger charge is 2.33. The molecule has 148 valence electrons. The van der Waals surface area contributed by atoms with E-state index in [0.29, 0.717) is 12.5 Å². The SMILES string of the molecule is CNc1cc(N2CCC(Nc3cccc(OC)c3)C2=O)ccc1C1CNNC1. The van der Waals surface area contributed by atoms with E-state index in [0.717, 1.165) is 42.3 Å². The molecule has 2 aromatic carbocycles. The van der Waals surface area contributed by atoms with Gasteiger partial charge in [-0.25, -0.2) is 0 Å². The summed E-state index contributed by atoms with van der Waals surface area (Å²) in [4.78, 5) is 14.9. The maximum atomic E-state index is 13.0. The van der Waals surface area contributed by atoms with Crippen LogP contribution in [0.25, 0.3) is 0 Å². The van der Waals surface area contributed by atoms with Gasteiger partial charge in [-0.05, 0) is 36.2 Å². The van der Waals surface area contributed by atoms with E-state index in [1.54, 1.807) is 7.11 Å². The molecular formula is C21H27N5O2. The van der Waals surface area contributed by atoms with Gasteiger partial charge < -0.3 is 20.3 Å². The molecule has 2 heterocycles. The van der Waals surface area contributed by atoms with Crippen molar-refractivity contribution in [3.63, 3.8) is 0 Å². The van der Waals surface area contributed by atoms with Crippen molar-refractivity contribution in [3.8, 4) is 5.75 Å². The zero-order valence-corrected chi connectivity index (χ0v) is 16.3. The first kappa shape index (κ1) is 18.6. The molecular weight excluding hydrogens is 354 g/mol. The van der Waals surface area contributed by atoms with E-state index in [1.165, 1.54) is 5.56 Å². The zero-order chi connectivity index (χ0) is 19.5. The molecule has 28 heavy (non-hydrogen) atoms. The Balaban J connectivity index is 1.49. The fraction of sp³-hybridized carbons (Fsp3) is 0.381. The van der Waals surface area contributed by atoms with E-state index < -0.39 is 0 Å². The molecule has 0 radical (unpaired) electrons. The maximum absolute atomic E-state index is 13.0. The van der Waals surface area contributed by atoms with Gasteiger partial charge in [-0.15, -0.1) is 0 Å². The smallest absolute Gasteiger partial charge is 0.249 e. The van der Waals surface area contributed by atoms with Crippen LogP contribution in [0.15, 0.2) is 42.5 Å². The van der Waals surface area contributed by atoms with Gasteiger partial charge in [-0.2, -0.15) is 0 Å². The Kier molecular flexibility index (Phi) is 5.36. The molecule has 0 spiro atoms. The van der Waals surface area contributed by atoms with Crippen molar-refractivity contribution in [2.24, 2.45) is 0 Å². The molecule has 2 fully saturated rings. The minimum atomic E-state index is -0.229. The first-order chi connectivity index (χ1) is 13.7. The Bertz CT molecular complexity index is 850. The number of amides is 1. The Hall–Kier alpha value is -2.77. The van der Waals surface area contributed by atoms with Gasteiger partial charge in [0.1, 0.15) is 11.8 Å². The molecule has 0 aliphatic carbocycles. The van der Waals surface area contributed by atoms with Crippen LogP contribution in [0.2, 0.25) is 0 Å². The minimum absolute atomic E-state index is 0.0989. The van der Waals surface area contributed by atoms with Crippen molar-refractivity contribution in [1.82, 2.24) is 10.9 Å². The van der Waals surface area contributed by atoms with E-state index in [9.17, 15) is 4.79 Å². The Labute approximate surface area is 165 Å². The van der Waals surface area contributed by atoms with Crippen LogP contribution in [0.3, 0.4) is 0 Å². The molecule has 2 aromatic rings. The summed E-state index contributed by atoms with van der Waals surface area (Å²) in [5, 5.41) is 6.64. The molecule has 1 amide bonds. The summed E-state index contributed by atoms with van der Waals surface area (Å²) < 4.78 is 5.26. The third kappa shape index (κ3) is 3.63. The van der Waals surface area contributed by atoms with Crippen LogP contribution in [0.5, 0.6) is 5.75 Å². The molecule has 1 atom stereocenters. The highest BCUT2D eigenvalue weighted by Crippen LogP contribution is 2.32. The van der Waals surface area contributed by atoms with Crippen LogP contribution in [0.4, 0.5) is 17.1 Å². The lowest BCUT2D eigenvalue weighted by atomic mass is 9.97. The summed E-state index contributed by atoms with van der Waals surface area (Å²) in [5.74, 6) is 1.30. The van der Waals surface area contributed by atoms with Gasteiger partial charge in [0.25, 0.3) is 0 Å². The van der Waals surface area contributed by atoms with Gasteiger partial charge in [0, 0.05) is 55.7 Å². The minimum Gasteiger partial charge on any atom is -0.497 e. The van der Waals surface area contributed by atoms with Gasteiger partial charge in [0.05, 0.1) is 7.11 Å². The quantitative estimate of drug-likeness (QED) is 0.614. The normalized spacial score (nSPS) is 19.9. The summed E-state index contributed by atoms with van der Waals surface area (Å²) in [7, 11) is 3.57. The first-order valence-corrected chi connectivity index (χ1v) is 9.69. The lowest BCUT2D eigenvalue weighted by Crippen LogP contribution is -2.33. The standard InChI is InChI=1S/C21H27N5O2/c1-22-20-11-16(6-7-18(20)14-12-23-24-13-14)26-9-8-19(21(26)27)25-15-4-3-5-17(10-15)28-2/h3-7,10-11,14,19,22-25H,8-9,12-13H2,1-2H3. The predicted molar refractivity (Wildman–Crippen MR) is 112 cm³/mol. The molecule has 0 aromatic heterocycles. The number of hydrogen-bond acceptors (Lipinski definition) is 6. The lowest BCUT2D eigenvalue weighted by Gasteiger charge is -2.21. The van der Waals surface area contributed by atoms with Crippen molar-refractivity contribution in [1.29, 1.82) is 0 Å². The van der Waals surface area contributed by atoms with Crippen LogP contribution in [-0.4, -0.2) is 45.7 Å². The average molecular weight is 381 g/mol. The Morgan fingerprint density at radius 3 is 2.71 bits per heavy atom. The van der Waals surface area contributed by atoms with Gasteiger partial charge in [-0.1, -0.05) is 12.1 Å². The molecule has 2 saturated heterocycles. The second-order valence-electron chi connectivity index (χ2n) is 7.19. The molecule has 2 aliphatic heterocycles. The van der Waals surface area contributed by atoms with E-state index in [4.69, 9.17) is 4.74 Å². The molecule has 0 saturated carbocycles. The third-order valence-electron chi connectivity index (χ3n) is 5.50. The number of carbonyl (C=O) groups excluding carboxylic acids is 1. The molecule has 4 rings (SSSR count). The topological polar surface area (TPSA) is 77.7 Å². The number of anilines is 3. The maximum Gasteiger partial charge on any atom is 0.249 e. The molecule has 0 bridgehead atoms. The summed E-state index contributed by atoms with van der Waals surface area (Å²) in [5.41, 5.74) is 10.5. The molecule has 7 nitrogen and oxygen atoms in total. The van der Waals surface area contributed by atoms with E-state index in [2.05, 4.69) is 39.7 Å². The van der Waals surface area contributed by atoms with Gasteiger partial charge >= 0.3 is 0 Å². The van der Waals surface area contributed by atoms with E-state index in [-0.39, 0.29) is 11.9 Å². The van der Waals surface area contributed by atoms with Gasteiger partial charge in [0.2, 0.25) is 5.91 Å². The second kappa shape index (κ2) is 8.08. The second-order valence-corrected chi connectivity index (χ2v) is 7.19. The zero-order valence-electron chi connectivity index (χ0n) is 16.3. The highest BCUT2D eigenvalue weighted by molar-refractivity contribution is 6.01. The summed E-state index contributed by atoms with van der Waals surface area (Å²) in [6.45, 7) is 2.52. The third-order valence-corrected chi connectivity index (χ3v) is 5.50. The number of nitrogens with zero attached hydrogens (tertiary/aromatic N) is 1. The van der Waals surface area contributed by atoms with Crippen LogP contribution >= 0.6 is 0 Å². The summed E-state index contributed by atoms with van der Waals surface area (Å²) in [6.07, 6.45) is 0.767. The van der Waals surface area contributed by atoms with Crippen molar-refractivity contribution in [3.05, 3.63) is 48.0 Å². The van der Waals surface area contributed by atoms with Crippen molar-refractivity contribution < 1.29 is 9.53 Å². The largest absolute Gasteiger partial charge is 0.497 e. The average Bonchev–Trinajstić information content (AvgIpc) is 3.38. The van der Waals surface area contributed by atoms with Crippen LogP contribution < -0.4 is 31.1 Å². The number of nitrogens with one attached hydrogen (secondary N) is 4. The number of hydrazine groups is 1. The van der Waals surface area contributed by atoms with E-state index >= 15 is 0 Å². The van der Waals surface area contributed by atoms with Crippen molar-refractivity contribution >= 4 is 23.0 Å². The van der Waals surface area contributed by atoms with Crippen molar-refractivity contribution in [2.75, 3.05) is 49.3 Å². The first-order valence-electron chi connectivity index (χ1n) is 9.69. The number of ether oxygens (including phenoxy) is 1. The molecule has 1 unspecified atom stereocenters. The number of rotatable bonds is 6.